The van der Waals surface area contributed by atoms with Gasteiger partial charge in [-0.1, -0.05) is 97.1 Å². The van der Waals surface area contributed by atoms with Gasteiger partial charge in [0, 0.05) is 53.3 Å². The lowest BCUT2D eigenvalue weighted by Crippen LogP contribution is -2.02. The molecule has 0 radical (unpaired) electrons. The van der Waals surface area contributed by atoms with Crippen molar-refractivity contribution in [2.24, 2.45) is 0 Å². The molecule has 0 saturated carbocycles. The third-order valence-electron chi connectivity index (χ3n) is 8.49. The zero-order valence-electron chi connectivity index (χ0n) is 24.4. The van der Waals surface area contributed by atoms with Gasteiger partial charge >= 0.3 is 0 Å². The predicted octanol–water partition coefficient (Wildman–Crippen LogP) is 10.2. The van der Waals surface area contributed by atoms with Crippen molar-refractivity contribution in [3.63, 3.8) is 0 Å². The summed E-state index contributed by atoms with van der Waals surface area (Å²) in [7, 11) is 0. The first kappa shape index (κ1) is 26.3. The molecule has 0 unspecified atom stereocenters. The molecule has 9 rings (SSSR count). The van der Waals surface area contributed by atoms with Gasteiger partial charge < -0.3 is 4.57 Å². The summed E-state index contributed by atoms with van der Waals surface area (Å²) in [6, 6.07) is 49.8. The second-order valence-electron chi connectivity index (χ2n) is 11.2. The van der Waals surface area contributed by atoms with Gasteiger partial charge in [0.15, 0.2) is 17.5 Å². The Kier molecular flexibility index (Phi) is 5.98. The van der Waals surface area contributed by atoms with Gasteiger partial charge in [0.05, 0.1) is 22.7 Å². The van der Waals surface area contributed by atoms with Crippen LogP contribution in [0.2, 0.25) is 0 Å². The van der Waals surface area contributed by atoms with E-state index in [1.807, 2.05) is 84.1 Å². The summed E-state index contributed by atoms with van der Waals surface area (Å²) in [5, 5.41) is 15.4. The van der Waals surface area contributed by atoms with Crippen LogP contribution in [0.4, 0.5) is 0 Å². The fraction of sp³-hybridized carbons (Fsp3) is 0. The lowest BCUT2D eigenvalue weighted by Gasteiger charge is -2.12. The van der Waals surface area contributed by atoms with Crippen LogP contribution in [-0.4, -0.2) is 19.5 Å². The number of benzene rings is 6. The van der Waals surface area contributed by atoms with Crippen molar-refractivity contribution in [1.29, 1.82) is 5.26 Å². The Labute approximate surface area is 268 Å². The van der Waals surface area contributed by atoms with Crippen LogP contribution in [0.3, 0.4) is 0 Å². The Bertz CT molecular complexity index is 2590. The van der Waals surface area contributed by atoms with E-state index in [0.29, 0.717) is 28.6 Å². The molecule has 0 aliphatic heterocycles. The third-order valence-corrected chi connectivity index (χ3v) is 9.63. The summed E-state index contributed by atoms with van der Waals surface area (Å²) in [4.78, 5) is 14.6. The lowest BCUT2D eigenvalue weighted by molar-refractivity contribution is 1.07. The van der Waals surface area contributed by atoms with Gasteiger partial charge in [0.1, 0.15) is 0 Å². The molecule has 0 bridgehead atoms. The van der Waals surface area contributed by atoms with E-state index in [4.69, 9.17) is 15.0 Å². The molecule has 5 nitrogen and oxygen atoms in total. The molecule has 0 N–H and O–H groups in total. The van der Waals surface area contributed by atoms with E-state index < -0.39 is 0 Å². The monoisotopic (exact) mass is 605 g/mol. The standard InChI is InChI=1S/C40H23N5S/c41-24-27-21-28(19-20-29(27)40-43-38(25-11-3-1-4-12-25)42-39(44-40)26-13-5-2-6-14-26)45-34-17-9-7-15-30(34)32-22-33-31-16-8-10-18-36(31)46-37(33)23-35(32)45/h1-23H. The first-order valence-corrected chi connectivity index (χ1v) is 15.8. The number of para-hydroxylation sites is 1. The van der Waals surface area contributed by atoms with E-state index in [-0.39, 0.29) is 0 Å². The maximum Gasteiger partial charge on any atom is 0.165 e. The minimum Gasteiger partial charge on any atom is -0.309 e. The molecule has 0 spiro atoms. The number of nitrogens with zero attached hydrogens (tertiary/aromatic N) is 5. The van der Waals surface area contributed by atoms with Crippen molar-refractivity contribution in [3.05, 3.63) is 145 Å². The zero-order chi connectivity index (χ0) is 30.6. The number of hydrogen-bond donors (Lipinski definition) is 0. The van der Waals surface area contributed by atoms with E-state index in [1.165, 1.54) is 30.9 Å². The molecule has 0 aliphatic carbocycles. The molecule has 0 saturated heterocycles. The van der Waals surface area contributed by atoms with E-state index in [0.717, 1.165) is 27.8 Å². The van der Waals surface area contributed by atoms with E-state index in [9.17, 15) is 5.26 Å². The van der Waals surface area contributed by atoms with E-state index in [1.54, 1.807) is 0 Å². The zero-order valence-corrected chi connectivity index (χ0v) is 25.2. The summed E-state index contributed by atoms with van der Waals surface area (Å²) < 4.78 is 4.78. The highest BCUT2D eigenvalue weighted by Crippen LogP contribution is 2.41. The average molecular weight is 606 g/mol. The SMILES string of the molecule is N#Cc1cc(-n2c3ccccc3c3cc4c(cc32)sc2ccccc24)ccc1-c1nc(-c2ccccc2)nc(-c2ccccc2)n1. The fourth-order valence-electron chi connectivity index (χ4n) is 6.35. The number of hydrogen-bond acceptors (Lipinski definition) is 5. The highest BCUT2D eigenvalue weighted by atomic mass is 32.1. The molecular formula is C40H23N5S. The van der Waals surface area contributed by atoms with Gasteiger partial charge in [-0.3, -0.25) is 0 Å². The van der Waals surface area contributed by atoms with Crippen LogP contribution in [0.5, 0.6) is 0 Å². The minimum atomic E-state index is 0.463. The van der Waals surface area contributed by atoms with Gasteiger partial charge in [-0.05, 0) is 42.5 Å². The molecule has 6 heteroatoms. The van der Waals surface area contributed by atoms with Crippen LogP contribution in [0.15, 0.2) is 140 Å². The molecule has 3 heterocycles. The average Bonchev–Trinajstić information content (AvgIpc) is 3.65. The molecule has 214 valence electrons. The molecular weight excluding hydrogens is 583 g/mol. The largest absolute Gasteiger partial charge is 0.309 e. The minimum absolute atomic E-state index is 0.463. The smallest absolute Gasteiger partial charge is 0.165 e. The Morgan fingerprint density at radius 1 is 0.500 bits per heavy atom. The van der Waals surface area contributed by atoms with Crippen LogP contribution < -0.4 is 0 Å². The first-order chi connectivity index (χ1) is 22.7. The number of thiophene rings is 1. The Morgan fingerprint density at radius 2 is 1.13 bits per heavy atom. The Morgan fingerprint density at radius 3 is 1.85 bits per heavy atom. The first-order valence-electron chi connectivity index (χ1n) is 15.0. The quantitative estimate of drug-likeness (QED) is 0.200. The lowest BCUT2D eigenvalue weighted by atomic mass is 10.1. The maximum atomic E-state index is 10.5. The van der Waals surface area contributed by atoms with Crippen molar-refractivity contribution in [3.8, 4) is 45.9 Å². The predicted molar refractivity (Wildman–Crippen MR) is 188 cm³/mol. The van der Waals surface area contributed by atoms with Crippen molar-refractivity contribution in [2.45, 2.75) is 0 Å². The van der Waals surface area contributed by atoms with Crippen LogP contribution in [0.25, 0.3) is 81.8 Å². The molecule has 0 amide bonds. The maximum absolute atomic E-state index is 10.5. The van der Waals surface area contributed by atoms with E-state index >= 15 is 0 Å². The van der Waals surface area contributed by atoms with Crippen molar-refractivity contribution in [1.82, 2.24) is 19.5 Å². The third kappa shape index (κ3) is 4.18. The summed E-state index contributed by atoms with van der Waals surface area (Å²) >= 11 is 1.81. The van der Waals surface area contributed by atoms with Crippen molar-refractivity contribution >= 4 is 53.3 Å². The van der Waals surface area contributed by atoms with Crippen LogP contribution in [0.1, 0.15) is 5.56 Å². The Hall–Kier alpha value is -6.16. The number of fused-ring (bicyclic) bond motifs is 6. The number of nitriles is 1. The summed E-state index contributed by atoms with van der Waals surface area (Å²) in [6.07, 6.45) is 0. The van der Waals surface area contributed by atoms with Gasteiger partial charge in [0.25, 0.3) is 0 Å². The molecule has 0 aliphatic rings. The summed E-state index contributed by atoms with van der Waals surface area (Å²) in [5.74, 6) is 1.59. The summed E-state index contributed by atoms with van der Waals surface area (Å²) in [5.41, 5.74) is 6.04. The highest BCUT2D eigenvalue weighted by molar-refractivity contribution is 7.25. The van der Waals surface area contributed by atoms with Gasteiger partial charge in [0.2, 0.25) is 0 Å². The van der Waals surface area contributed by atoms with E-state index in [2.05, 4.69) is 77.4 Å². The fourth-order valence-corrected chi connectivity index (χ4v) is 7.47. The van der Waals surface area contributed by atoms with Gasteiger partial charge in [-0.15, -0.1) is 11.3 Å². The van der Waals surface area contributed by atoms with Crippen LogP contribution >= 0.6 is 11.3 Å². The number of aromatic nitrogens is 4. The van der Waals surface area contributed by atoms with Crippen LogP contribution in [0, 0.1) is 11.3 Å². The van der Waals surface area contributed by atoms with Crippen molar-refractivity contribution in [2.75, 3.05) is 0 Å². The van der Waals surface area contributed by atoms with Gasteiger partial charge in [-0.25, -0.2) is 15.0 Å². The van der Waals surface area contributed by atoms with Crippen molar-refractivity contribution < 1.29 is 0 Å². The molecule has 6 aromatic carbocycles. The molecule has 46 heavy (non-hydrogen) atoms. The van der Waals surface area contributed by atoms with Crippen LogP contribution in [-0.2, 0) is 0 Å². The molecule has 3 aromatic heterocycles. The summed E-state index contributed by atoms with van der Waals surface area (Å²) in [6.45, 7) is 0. The Balaban J connectivity index is 1.25. The second kappa shape index (κ2) is 10.5. The molecule has 0 fully saturated rings. The second-order valence-corrected chi connectivity index (χ2v) is 12.3. The number of rotatable bonds is 4. The molecule has 0 atom stereocenters. The normalized spacial score (nSPS) is 11.5. The van der Waals surface area contributed by atoms with Gasteiger partial charge in [-0.2, -0.15) is 5.26 Å². The topological polar surface area (TPSA) is 67.4 Å². The highest BCUT2D eigenvalue weighted by Gasteiger charge is 2.19. The molecule has 9 aromatic rings.